The first-order chi connectivity index (χ1) is 14.6. The lowest BCUT2D eigenvalue weighted by atomic mass is 10.1. The van der Waals surface area contributed by atoms with E-state index in [-0.39, 0.29) is 13.0 Å². The third-order valence-electron chi connectivity index (χ3n) is 4.49. The summed E-state index contributed by atoms with van der Waals surface area (Å²) in [6.07, 6.45) is 3.46. The third-order valence-corrected chi connectivity index (χ3v) is 4.49. The van der Waals surface area contributed by atoms with Gasteiger partial charge in [-0.05, 0) is 22.3 Å². The lowest BCUT2D eigenvalue weighted by Crippen LogP contribution is -2.42. The van der Waals surface area contributed by atoms with Crippen LogP contribution in [0.5, 0.6) is 0 Å². The van der Waals surface area contributed by atoms with Crippen molar-refractivity contribution in [3.8, 4) is 0 Å². The maximum atomic E-state index is 12.0. The molecule has 0 aliphatic heterocycles. The fourth-order valence-electron chi connectivity index (χ4n) is 2.86. The van der Waals surface area contributed by atoms with Gasteiger partial charge >= 0.3 is 12.1 Å². The molecule has 0 fully saturated rings. The molecule has 5 heteroatoms. The zero-order valence-electron chi connectivity index (χ0n) is 16.4. The Morgan fingerprint density at radius 1 is 0.800 bits per heavy atom. The predicted molar refractivity (Wildman–Crippen MR) is 117 cm³/mol. The molecule has 0 saturated heterocycles. The Morgan fingerprint density at radius 2 is 1.37 bits per heavy atom. The van der Waals surface area contributed by atoms with Crippen LogP contribution in [0.2, 0.25) is 0 Å². The molecule has 1 amide bonds. The highest BCUT2D eigenvalue weighted by atomic mass is 16.5. The van der Waals surface area contributed by atoms with Crippen molar-refractivity contribution in [2.45, 2.75) is 19.1 Å². The maximum absolute atomic E-state index is 12.0. The SMILES string of the molecule is O=C(NC(Cc1ccccc1)C(=O)O)OCc1ccc(/C=C/c2ccccc2)cc1. The standard InChI is InChI=1S/C25H23NO4/c27-24(28)23(17-21-9-5-2-6-10-21)26-25(29)30-18-22-15-13-20(14-16-22)12-11-19-7-3-1-4-8-19/h1-16,23H,17-18H2,(H,26,29)(H,27,28)/b12-11+. The molecule has 3 aromatic carbocycles. The quantitative estimate of drug-likeness (QED) is 0.533. The van der Waals surface area contributed by atoms with Crippen LogP contribution in [0, 0.1) is 0 Å². The molecule has 0 bridgehead atoms. The molecular weight excluding hydrogens is 378 g/mol. The molecule has 3 rings (SSSR count). The summed E-state index contributed by atoms with van der Waals surface area (Å²) in [4.78, 5) is 23.5. The van der Waals surface area contributed by atoms with Gasteiger partial charge < -0.3 is 15.2 Å². The summed E-state index contributed by atoms with van der Waals surface area (Å²) in [5.41, 5.74) is 3.78. The number of carboxylic acid groups (broad SMARTS) is 1. The van der Waals surface area contributed by atoms with Crippen molar-refractivity contribution in [2.75, 3.05) is 0 Å². The van der Waals surface area contributed by atoms with Crippen LogP contribution in [0.4, 0.5) is 4.79 Å². The summed E-state index contributed by atoms with van der Waals surface area (Å²) in [5, 5.41) is 11.8. The van der Waals surface area contributed by atoms with Crippen LogP contribution in [-0.4, -0.2) is 23.2 Å². The Labute approximate surface area is 175 Å². The molecule has 0 aromatic heterocycles. The van der Waals surface area contributed by atoms with Crippen molar-refractivity contribution in [2.24, 2.45) is 0 Å². The first-order valence-electron chi connectivity index (χ1n) is 9.62. The smallest absolute Gasteiger partial charge is 0.408 e. The molecular formula is C25H23NO4. The van der Waals surface area contributed by atoms with E-state index in [1.807, 2.05) is 97.1 Å². The summed E-state index contributed by atoms with van der Waals surface area (Å²) in [7, 11) is 0. The summed E-state index contributed by atoms with van der Waals surface area (Å²) < 4.78 is 5.18. The summed E-state index contributed by atoms with van der Waals surface area (Å²) >= 11 is 0. The number of hydrogen-bond donors (Lipinski definition) is 2. The number of hydrogen-bond acceptors (Lipinski definition) is 3. The van der Waals surface area contributed by atoms with Gasteiger partial charge in [0.1, 0.15) is 12.6 Å². The van der Waals surface area contributed by atoms with Gasteiger partial charge in [0.2, 0.25) is 0 Å². The second-order valence-electron chi connectivity index (χ2n) is 6.79. The highest BCUT2D eigenvalue weighted by Gasteiger charge is 2.21. The van der Waals surface area contributed by atoms with E-state index in [2.05, 4.69) is 5.32 Å². The second-order valence-corrected chi connectivity index (χ2v) is 6.79. The lowest BCUT2D eigenvalue weighted by molar-refractivity contribution is -0.139. The van der Waals surface area contributed by atoms with E-state index in [9.17, 15) is 14.7 Å². The number of amides is 1. The molecule has 3 aromatic rings. The second kappa shape index (κ2) is 10.6. The number of carbonyl (C=O) groups is 2. The highest BCUT2D eigenvalue weighted by Crippen LogP contribution is 2.11. The number of rotatable bonds is 8. The third kappa shape index (κ3) is 6.63. The van der Waals surface area contributed by atoms with Gasteiger partial charge in [-0.3, -0.25) is 0 Å². The zero-order chi connectivity index (χ0) is 21.2. The Kier molecular flexibility index (Phi) is 7.39. The fraction of sp³-hybridized carbons (Fsp3) is 0.120. The first kappa shape index (κ1) is 20.9. The van der Waals surface area contributed by atoms with Gasteiger partial charge in [0.25, 0.3) is 0 Å². The van der Waals surface area contributed by atoms with Crippen molar-refractivity contribution < 1.29 is 19.4 Å². The minimum Gasteiger partial charge on any atom is -0.480 e. The van der Waals surface area contributed by atoms with Crippen LogP contribution in [0.25, 0.3) is 12.2 Å². The van der Waals surface area contributed by atoms with Crippen molar-refractivity contribution in [3.63, 3.8) is 0 Å². The average Bonchev–Trinajstić information content (AvgIpc) is 2.78. The Balaban J connectivity index is 1.50. The van der Waals surface area contributed by atoms with Crippen molar-refractivity contribution in [1.82, 2.24) is 5.32 Å². The van der Waals surface area contributed by atoms with Crippen LogP contribution in [0.3, 0.4) is 0 Å². The molecule has 0 spiro atoms. The number of nitrogens with one attached hydrogen (secondary N) is 1. The highest BCUT2D eigenvalue weighted by molar-refractivity contribution is 5.80. The molecule has 30 heavy (non-hydrogen) atoms. The van der Waals surface area contributed by atoms with E-state index in [1.54, 1.807) is 0 Å². The molecule has 2 N–H and O–H groups in total. The molecule has 0 radical (unpaired) electrons. The van der Waals surface area contributed by atoms with E-state index in [4.69, 9.17) is 4.74 Å². The van der Waals surface area contributed by atoms with Crippen LogP contribution in [0.15, 0.2) is 84.9 Å². The maximum Gasteiger partial charge on any atom is 0.408 e. The number of ether oxygens (including phenoxy) is 1. The normalized spacial score (nSPS) is 11.7. The van der Waals surface area contributed by atoms with Crippen molar-refractivity contribution in [3.05, 3.63) is 107 Å². The van der Waals surface area contributed by atoms with Gasteiger partial charge in [-0.1, -0.05) is 97.1 Å². The van der Waals surface area contributed by atoms with Crippen molar-refractivity contribution >= 4 is 24.2 Å². The van der Waals surface area contributed by atoms with Gasteiger partial charge in [-0.15, -0.1) is 0 Å². The molecule has 5 nitrogen and oxygen atoms in total. The molecule has 0 aliphatic rings. The Bertz CT molecular complexity index is 983. The minimum atomic E-state index is -1.11. The van der Waals surface area contributed by atoms with E-state index in [0.717, 1.165) is 22.3 Å². The van der Waals surface area contributed by atoms with E-state index < -0.39 is 18.1 Å². The van der Waals surface area contributed by atoms with Crippen LogP contribution in [0.1, 0.15) is 22.3 Å². The average molecular weight is 401 g/mol. The zero-order valence-corrected chi connectivity index (χ0v) is 16.4. The first-order valence-corrected chi connectivity index (χ1v) is 9.62. The number of aliphatic carboxylic acids is 1. The molecule has 152 valence electrons. The van der Waals surface area contributed by atoms with Crippen LogP contribution in [-0.2, 0) is 22.6 Å². The molecule has 1 atom stereocenters. The minimum absolute atomic E-state index is 0.0617. The molecule has 0 heterocycles. The van der Waals surface area contributed by atoms with Crippen LogP contribution >= 0.6 is 0 Å². The topological polar surface area (TPSA) is 75.6 Å². The van der Waals surface area contributed by atoms with E-state index in [1.165, 1.54) is 0 Å². The summed E-state index contributed by atoms with van der Waals surface area (Å²) in [6.45, 7) is 0.0617. The summed E-state index contributed by atoms with van der Waals surface area (Å²) in [6, 6.07) is 25.7. The number of alkyl carbamates (subject to hydrolysis) is 1. The Morgan fingerprint density at radius 3 is 1.97 bits per heavy atom. The molecule has 0 aliphatic carbocycles. The monoisotopic (exact) mass is 401 g/mol. The van der Waals surface area contributed by atoms with Gasteiger partial charge in [-0.2, -0.15) is 0 Å². The van der Waals surface area contributed by atoms with Gasteiger partial charge in [-0.25, -0.2) is 9.59 Å². The summed E-state index contributed by atoms with van der Waals surface area (Å²) in [5.74, 6) is -1.11. The van der Waals surface area contributed by atoms with Gasteiger partial charge in [0.05, 0.1) is 0 Å². The van der Waals surface area contributed by atoms with Crippen molar-refractivity contribution in [1.29, 1.82) is 0 Å². The van der Waals surface area contributed by atoms with Crippen LogP contribution < -0.4 is 5.32 Å². The fourth-order valence-corrected chi connectivity index (χ4v) is 2.86. The van der Waals surface area contributed by atoms with Gasteiger partial charge in [0.15, 0.2) is 0 Å². The molecule has 0 saturated carbocycles. The predicted octanol–water partition coefficient (Wildman–Crippen LogP) is 4.78. The molecule has 1 unspecified atom stereocenters. The largest absolute Gasteiger partial charge is 0.480 e. The Hall–Kier alpha value is -3.86. The number of benzene rings is 3. The van der Waals surface area contributed by atoms with E-state index in [0.29, 0.717) is 0 Å². The van der Waals surface area contributed by atoms with E-state index >= 15 is 0 Å². The lowest BCUT2D eigenvalue weighted by Gasteiger charge is -2.14. The number of carboxylic acids is 1. The number of carbonyl (C=O) groups excluding carboxylic acids is 1. The van der Waals surface area contributed by atoms with Gasteiger partial charge in [0, 0.05) is 6.42 Å².